The summed E-state index contributed by atoms with van der Waals surface area (Å²) in [5.41, 5.74) is 1.76. The lowest BCUT2D eigenvalue weighted by molar-refractivity contribution is 0.0934. The fraction of sp³-hybridized carbons (Fsp3) is 0.276. The number of nitrogens with one attached hydrogen (secondary N) is 3. The number of carbonyl (C=O) groups excluding carboxylic acids is 3. The van der Waals surface area contributed by atoms with Crippen LogP contribution in [0.3, 0.4) is 0 Å². The molecule has 1 fully saturated rings. The summed E-state index contributed by atoms with van der Waals surface area (Å²) in [7, 11) is 0. The van der Waals surface area contributed by atoms with E-state index in [1.165, 1.54) is 0 Å². The summed E-state index contributed by atoms with van der Waals surface area (Å²) in [6.45, 7) is 6.98. The first-order chi connectivity index (χ1) is 18.9. The predicted octanol–water partition coefficient (Wildman–Crippen LogP) is 4.87. The van der Waals surface area contributed by atoms with Crippen molar-refractivity contribution in [1.29, 1.82) is 0 Å². The zero-order chi connectivity index (χ0) is 27.4. The summed E-state index contributed by atoms with van der Waals surface area (Å²) in [6.07, 6.45) is 3.89. The van der Waals surface area contributed by atoms with E-state index in [-0.39, 0.29) is 29.6 Å². The molecule has 200 valence electrons. The number of ether oxygens (including phenoxy) is 1. The van der Waals surface area contributed by atoms with E-state index in [0.29, 0.717) is 42.0 Å². The number of pyridine rings is 1. The van der Waals surface area contributed by atoms with Crippen molar-refractivity contribution >= 4 is 45.7 Å². The first-order valence-electron chi connectivity index (χ1n) is 12.9. The number of fused-ring (bicyclic) bond motifs is 2. The lowest BCUT2D eigenvalue weighted by Crippen LogP contribution is -2.41. The number of carbonyl (C=O) groups is 3. The minimum absolute atomic E-state index is 0.231. The summed E-state index contributed by atoms with van der Waals surface area (Å²) in [5, 5.41) is 7.57. The number of anilines is 1. The van der Waals surface area contributed by atoms with Gasteiger partial charge < -0.3 is 19.9 Å². The van der Waals surface area contributed by atoms with Gasteiger partial charge in [-0.1, -0.05) is 36.9 Å². The normalized spacial score (nSPS) is 15.2. The highest BCUT2D eigenvalue weighted by Crippen LogP contribution is 2.22. The van der Waals surface area contributed by atoms with Gasteiger partial charge in [-0.25, -0.2) is 9.78 Å². The Morgan fingerprint density at radius 1 is 1.13 bits per heavy atom. The van der Waals surface area contributed by atoms with Gasteiger partial charge in [-0.15, -0.1) is 0 Å². The number of aromatic amines is 1. The third-order valence-electron chi connectivity index (χ3n) is 6.73. The van der Waals surface area contributed by atoms with E-state index in [2.05, 4.69) is 32.2 Å². The number of para-hydroxylation sites is 1. The third kappa shape index (κ3) is 6.06. The van der Waals surface area contributed by atoms with Gasteiger partial charge in [0.05, 0.1) is 16.8 Å². The van der Waals surface area contributed by atoms with Crippen LogP contribution >= 0.6 is 0 Å². The number of allylic oxidation sites excluding steroid dienone is 1. The standard InChI is InChI=1S/C29H30N6O4/c1-18(2)39-29(38)35-14-6-7-19(17-35)12-13-30-26(36)22-10-5-11-23-25(22)33-28(32-23)34-27(37)24-15-20-8-3-4-9-21(20)16-31-24/h3-5,8-11,15-16,19H,1,6-7,12-14,17H2,2H3,(H,30,36)(H2,32,33,34,37). The number of aromatic nitrogens is 3. The van der Waals surface area contributed by atoms with Gasteiger partial charge >= 0.3 is 6.09 Å². The van der Waals surface area contributed by atoms with Crippen LogP contribution in [0.1, 0.15) is 47.0 Å². The number of hydrogen-bond acceptors (Lipinski definition) is 6. The molecule has 0 bridgehead atoms. The first-order valence-corrected chi connectivity index (χ1v) is 12.9. The topological polar surface area (TPSA) is 129 Å². The van der Waals surface area contributed by atoms with Crippen LogP contribution in [0.4, 0.5) is 10.7 Å². The van der Waals surface area contributed by atoms with Crippen molar-refractivity contribution in [1.82, 2.24) is 25.2 Å². The van der Waals surface area contributed by atoms with Crippen LogP contribution in [0.25, 0.3) is 21.8 Å². The van der Waals surface area contributed by atoms with Crippen LogP contribution < -0.4 is 10.6 Å². The number of nitrogens with zero attached hydrogens (tertiary/aromatic N) is 3. The summed E-state index contributed by atoms with van der Waals surface area (Å²) in [6, 6.07) is 14.6. The van der Waals surface area contributed by atoms with Crippen molar-refractivity contribution < 1.29 is 19.1 Å². The molecule has 2 aromatic carbocycles. The van der Waals surface area contributed by atoms with E-state index in [1.807, 2.05) is 24.3 Å². The molecule has 3 heterocycles. The number of benzene rings is 2. The Morgan fingerprint density at radius 2 is 1.95 bits per heavy atom. The van der Waals surface area contributed by atoms with Crippen LogP contribution in [0.2, 0.25) is 0 Å². The molecule has 4 aromatic rings. The molecule has 1 unspecified atom stereocenters. The van der Waals surface area contributed by atoms with Crippen molar-refractivity contribution in [3.8, 4) is 0 Å². The minimum atomic E-state index is -0.403. The number of imidazole rings is 1. The molecule has 3 N–H and O–H groups in total. The molecule has 0 radical (unpaired) electrons. The van der Waals surface area contributed by atoms with Gasteiger partial charge in [0, 0.05) is 31.2 Å². The van der Waals surface area contributed by atoms with Gasteiger partial charge in [-0.2, -0.15) is 0 Å². The van der Waals surface area contributed by atoms with Crippen LogP contribution in [0.5, 0.6) is 0 Å². The average molecular weight is 527 g/mol. The summed E-state index contributed by atoms with van der Waals surface area (Å²) >= 11 is 0. The Bertz CT molecular complexity index is 1560. The molecule has 0 spiro atoms. The van der Waals surface area contributed by atoms with Crippen LogP contribution in [0, 0.1) is 5.92 Å². The molecule has 1 aliphatic rings. The Kier molecular flexibility index (Phi) is 7.53. The molecular weight excluding hydrogens is 496 g/mol. The minimum Gasteiger partial charge on any atom is -0.416 e. The number of H-pyrrole nitrogens is 1. The number of rotatable bonds is 7. The quantitative estimate of drug-likeness (QED) is 0.295. The van der Waals surface area contributed by atoms with Crippen molar-refractivity contribution in [2.45, 2.75) is 26.2 Å². The fourth-order valence-electron chi connectivity index (χ4n) is 4.82. The molecule has 1 aliphatic heterocycles. The van der Waals surface area contributed by atoms with Crippen LogP contribution in [-0.4, -0.2) is 57.4 Å². The van der Waals surface area contributed by atoms with E-state index in [1.54, 1.807) is 42.3 Å². The molecule has 1 atom stereocenters. The van der Waals surface area contributed by atoms with E-state index < -0.39 is 5.91 Å². The Labute approximate surface area is 225 Å². The second-order valence-electron chi connectivity index (χ2n) is 9.73. The highest BCUT2D eigenvalue weighted by Gasteiger charge is 2.25. The Balaban J connectivity index is 1.20. The lowest BCUT2D eigenvalue weighted by atomic mass is 9.95. The first kappa shape index (κ1) is 25.9. The molecule has 10 heteroatoms. The molecule has 2 aromatic heterocycles. The van der Waals surface area contributed by atoms with Gasteiger partial charge in [0.15, 0.2) is 0 Å². The van der Waals surface area contributed by atoms with Gasteiger partial charge in [-0.05, 0) is 55.7 Å². The fourth-order valence-corrected chi connectivity index (χ4v) is 4.82. The molecule has 39 heavy (non-hydrogen) atoms. The van der Waals surface area contributed by atoms with Crippen molar-refractivity contribution in [3.05, 3.63) is 78.3 Å². The van der Waals surface area contributed by atoms with Gasteiger partial charge in [0.2, 0.25) is 5.95 Å². The van der Waals surface area contributed by atoms with E-state index >= 15 is 0 Å². The molecule has 0 aliphatic carbocycles. The predicted molar refractivity (Wildman–Crippen MR) is 148 cm³/mol. The second-order valence-corrected chi connectivity index (χ2v) is 9.73. The summed E-state index contributed by atoms with van der Waals surface area (Å²) < 4.78 is 5.13. The highest BCUT2D eigenvalue weighted by molar-refractivity contribution is 6.07. The van der Waals surface area contributed by atoms with Crippen molar-refractivity contribution in [3.63, 3.8) is 0 Å². The maximum atomic E-state index is 13.0. The van der Waals surface area contributed by atoms with E-state index in [0.717, 1.165) is 30.0 Å². The smallest absolute Gasteiger partial charge is 0.414 e. The zero-order valence-corrected chi connectivity index (χ0v) is 21.7. The molecule has 1 saturated heterocycles. The van der Waals surface area contributed by atoms with Gasteiger partial charge in [-0.3, -0.25) is 19.9 Å². The molecule has 3 amide bonds. The average Bonchev–Trinajstić information content (AvgIpc) is 3.35. The molecular formula is C29H30N6O4. The SMILES string of the molecule is C=C(C)OC(=O)N1CCCC(CCNC(=O)c2cccc3[nH]c(NC(=O)c4cc5ccccc5cn4)nc23)C1. The lowest BCUT2D eigenvalue weighted by Gasteiger charge is -2.32. The third-order valence-corrected chi connectivity index (χ3v) is 6.73. The number of piperidine rings is 1. The monoisotopic (exact) mass is 526 g/mol. The number of amides is 3. The maximum absolute atomic E-state index is 13.0. The number of hydrogen-bond donors (Lipinski definition) is 3. The van der Waals surface area contributed by atoms with E-state index in [4.69, 9.17) is 4.74 Å². The Hall–Kier alpha value is -4.73. The van der Waals surface area contributed by atoms with Crippen molar-refractivity contribution in [2.24, 2.45) is 5.92 Å². The van der Waals surface area contributed by atoms with Gasteiger partial charge in [0.25, 0.3) is 11.8 Å². The van der Waals surface area contributed by atoms with Gasteiger partial charge in [0.1, 0.15) is 11.2 Å². The second kappa shape index (κ2) is 11.3. The Morgan fingerprint density at radius 3 is 2.77 bits per heavy atom. The maximum Gasteiger partial charge on any atom is 0.414 e. The largest absolute Gasteiger partial charge is 0.416 e. The number of likely N-dealkylation sites (tertiary alicyclic amines) is 1. The summed E-state index contributed by atoms with van der Waals surface area (Å²) in [5.74, 6) is 0.211. The molecule has 0 saturated carbocycles. The van der Waals surface area contributed by atoms with Crippen LogP contribution in [0.15, 0.2) is 67.1 Å². The molecule has 5 rings (SSSR count). The highest BCUT2D eigenvalue weighted by atomic mass is 16.6. The summed E-state index contributed by atoms with van der Waals surface area (Å²) in [4.78, 5) is 51.5. The van der Waals surface area contributed by atoms with Crippen LogP contribution in [-0.2, 0) is 4.74 Å². The van der Waals surface area contributed by atoms with E-state index in [9.17, 15) is 14.4 Å². The zero-order valence-electron chi connectivity index (χ0n) is 21.7. The van der Waals surface area contributed by atoms with Crippen molar-refractivity contribution in [2.75, 3.05) is 25.0 Å². The molecule has 10 nitrogen and oxygen atoms in total.